The molecule has 16 heteroatoms. The topological polar surface area (TPSA) is 190 Å². The number of fused-ring (bicyclic) bond motifs is 1. The number of carbonyl (C=O) groups excluding carboxylic acids is 1. The maximum absolute atomic E-state index is 14.2. The number of para-hydroxylation sites is 2. The number of amides is 1. The molecule has 5 rings (SSSR count). The molecule has 0 fully saturated rings. The van der Waals surface area contributed by atoms with Crippen molar-refractivity contribution < 1.29 is 31.5 Å². The highest BCUT2D eigenvalue weighted by Crippen LogP contribution is 2.35. The van der Waals surface area contributed by atoms with Crippen molar-refractivity contribution in [3.8, 4) is 0 Å². The van der Waals surface area contributed by atoms with Gasteiger partial charge in [0.25, 0.3) is 27.3 Å². The predicted molar refractivity (Wildman–Crippen MR) is 159 cm³/mol. The molecule has 0 radical (unpaired) electrons. The standard InChI is InChI=1S/C28H23N5O9S2/c34-28-26-8-4-5-9-27(26)31(44(41,42)25-16-12-22(13-17-25)33(37)38)23(19-30(28)20-6-2-1-3-7-20)18-29-43(39,40)24-14-10-21(11-15-24)32(35)36/h1-17,23,29H,18-19H2. The van der Waals surface area contributed by atoms with Crippen molar-refractivity contribution in [1.29, 1.82) is 0 Å². The van der Waals surface area contributed by atoms with Crippen molar-refractivity contribution in [1.82, 2.24) is 4.72 Å². The Morgan fingerprint density at radius 2 is 1.25 bits per heavy atom. The number of non-ortho nitro benzene ring substituents is 2. The van der Waals surface area contributed by atoms with E-state index in [0.29, 0.717) is 5.69 Å². The van der Waals surface area contributed by atoms with Crippen molar-refractivity contribution in [2.24, 2.45) is 0 Å². The number of nitrogens with zero attached hydrogens (tertiary/aromatic N) is 4. The van der Waals surface area contributed by atoms with E-state index in [9.17, 15) is 41.9 Å². The van der Waals surface area contributed by atoms with E-state index in [1.165, 1.54) is 23.1 Å². The fraction of sp³-hybridized carbons (Fsp3) is 0.107. The molecule has 1 aliphatic rings. The Balaban J connectivity index is 1.61. The number of carbonyl (C=O) groups is 1. The average Bonchev–Trinajstić information content (AvgIpc) is 3.15. The quantitative estimate of drug-likeness (QED) is 0.211. The Bertz CT molecular complexity index is 1950. The zero-order valence-corrected chi connectivity index (χ0v) is 24.2. The third kappa shape index (κ3) is 5.85. The number of rotatable bonds is 9. The van der Waals surface area contributed by atoms with E-state index in [2.05, 4.69) is 4.72 Å². The summed E-state index contributed by atoms with van der Waals surface area (Å²) in [4.78, 5) is 35.4. The van der Waals surface area contributed by atoms with Crippen LogP contribution in [0.1, 0.15) is 10.4 Å². The van der Waals surface area contributed by atoms with Gasteiger partial charge in [-0.25, -0.2) is 21.6 Å². The molecule has 1 N–H and O–H groups in total. The van der Waals surface area contributed by atoms with Gasteiger partial charge in [-0.2, -0.15) is 0 Å². The molecule has 0 saturated carbocycles. The largest absolute Gasteiger partial charge is 0.306 e. The van der Waals surface area contributed by atoms with Crippen LogP contribution in [0.2, 0.25) is 0 Å². The monoisotopic (exact) mass is 637 g/mol. The number of nitro groups is 2. The summed E-state index contributed by atoms with van der Waals surface area (Å²) in [5.74, 6) is -0.531. The summed E-state index contributed by atoms with van der Waals surface area (Å²) in [7, 11) is -8.85. The van der Waals surface area contributed by atoms with E-state index < -0.39 is 48.4 Å². The SMILES string of the molecule is O=C1c2ccccc2N(S(=O)(=O)c2ccc([N+](=O)[O-])cc2)C(CNS(=O)(=O)c2ccc([N+](=O)[O-])cc2)CN1c1ccccc1. The van der Waals surface area contributed by atoms with Crippen LogP contribution in [-0.2, 0) is 20.0 Å². The van der Waals surface area contributed by atoms with Gasteiger partial charge in [0.05, 0.1) is 36.9 Å². The fourth-order valence-corrected chi connectivity index (χ4v) is 7.48. The van der Waals surface area contributed by atoms with Crippen LogP contribution in [-0.4, -0.2) is 51.7 Å². The van der Waals surface area contributed by atoms with Crippen LogP contribution in [0.15, 0.2) is 113 Å². The smallest absolute Gasteiger partial charge is 0.269 e. The highest BCUT2D eigenvalue weighted by molar-refractivity contribution is 7.93. The Kier molecular flexibility index (Phi) is 8.14. The number of anilines is 2. The number of nitrogens with one attached hydrogen (secondary N) is 1. The second-order valence-corrected chi connectivity index (χ2v) is 13.2. The van der Waals surface area contributed by atoms with Gasteiger partial charge in [-0.05, 0) is 48.5 Å². The summed E-state index contributed by atoms with van der Waals surface area (Å²) in [5.41, 5.74) is -0.207. The first-order valence-corrected chi connectivity index (χ1v) is 15.8. The molecule has 1 atom stereocenters. The Morgan fingerprint density at radius 3 is 1.82 bits per heavy atom. The van der Waals surface area contributed by atoms with Crippen LogP contribution >= 0.6 is 0 Å². The third-order valence-electron chi connectivity index (χ3n) is 6.88. The molecule has 1 heterocycles. The van der Waals surface area contributed by atoms with Gasteiger partial charge in [0.15, 0.2) is 0 Å². The summed E-state index contributed by atoms with van der Waals surface area (Å²) < 4.78 is 58.3. The van der Waals surface area contributed by atoms with E-state index in [4.69, 9.17) is 0 Å². The minimum absolute atomic E-state index is 0.0196. The van der Waals surface area contributed by atoms with Gasteiger partial charge in [0, 0.05) is 43.0 Å². The van der Waals surface area contributed by atoms with Crippen molar-refractivity contribution in [2.45, 2.75) is 15.8 Å². The molecule has 0 bridgehead atoms. The molecule has 1 aliphatic heterocycles. The van der Waals surface area contributed by atoms with Crippen molar-refractivity contribution in [3.63, 3.8) is 0 Å². The van der Waals surface area contributed by atoms with Gasteiger partial charge >= 0.3 is 0 Å². The molecule has 1 amide bonds. The van der Waals surface area contributed by atoms with Crippen LogP contribution in [0.3, 0.4) is 0 Å². The van der Waals surface area contributed by atoms with Gasteiger partial charge in [0.1, 0.15) is 0 Å². The first-order chi connectivity index (χ1) is 20.9. The Labute approximate surface area is 251 Å². The minimum Gasteiger partial charge on any atom is -0.306 e. The summed E-state index contributed by atoms with van der Waals surface area (Å²) in [6.45, 7) is -0.803. The molecule has 1 unspecified atom stereocenters. The normalized spacial score (nSPS) is 15.4. The zero-order valence-electron chi connectivity index (χ0n) is 22.6. The molecule has 14 nitrogen and oxygen atoms in total. The third-order valence-corrected chi connectivity index (χ3v) is 10.2. The highest BCUT2D eigenvalue weighted by atomic mass is 32.2. The van der Waals surface area contributed by atoms with Crippen molar-refractivity contribution in [3.05, 3.63) is 129 Å². The molecule has 0 spiro atoms. The lowest BCUT2D eigenvalue weighted by molar-refractivity contribution is -0.385. The van der Waals surface area contributed by atoms with E-state index in [-0.39, 0.29) is 39.0 Å². The summed E-state index contributed by atoms with van der Waals surface area (Å²) in [5, 5.41) is 22.2. The van der Waals surface area contributed by atoms with Gasteiger partial charge in [-0.15, -0.1) is 0 Å². The minimum atomic E-state index is -4.54. The zero-order chi connectivity index (χ0) is 31.6. The molecule has 0 aromatic heterocycles. The van der Waals surface area contributed by atoms with Crippen LogP contribution in [0, 0.1) is 20.2 Å². The fourth-order valence-electron chi connectivity index (χ4n) is 4.75. The first-order valence-electron chi connectivity index (χ1n) is 12.9. The molecule has 44 heavy (non-hydrogen) atoms. The molecule has 0 aliphatic carbocycles. The van der Waals surface area contributed by atoms with Crippen LogP contribution < -0.4 is 13.9 Å². The lowest BCUT2D eigenvalue weighted by Gasteiger charge is -2.33. The number of nitro benzene ring substituents is 2. The molecular weight excluding hydrogens is 614 g/mol. The van der Waals surface area contributed by atoms with Crippen LogP contribution in [0.25, 0.3) is 0 Å². The van der Waals surface area contributed by atoms with E-state index in [1.54, 1.807) is 36.4 Å². The highest BCUT2D eigenvalue weighted by Gasteiger charge is 2.40. The number of hydrogen-bond acceptors (Lipinski definition) is 9. The van der Waals surface area contributed by atoms with Crippen LogP contribution in [0.5, 0.6) is 0 Å². The summed E-state index contributed by atoms with van der Waals surface area (Å²) in [6, 6.07) is 21.5. The number of hydrogen-bond donors (Lipinski definition) is 1. The maximum atomic E-state index is 14.2. The Morgan fingerprint density at radius 1 is 0.727 bits per heavy atom. The molecular formula is C28H23N5O9S2. The van der Waals surface area contributed by atoms with Gasteiger partial charge in [0.2, 0.25) is 10.0 Å². The van der Waals surface area contributed by atoms with Gasteiger partial charge in [-0.3, -0.25) is 29.3 Å². The number of benzene rings is 4. The van der Waals surface area contributed by atoms with Gasteiger partial charge in [-0.1, -0.05) is 30.3 Å². The van der Waals surface area contributed by atoms with Crippen molar-refractivity contribution in [2.75, 3.05) is 22.3 Å². The number of sulfonamides is 2. The maximum Gasteiger partial charge on any atom is 0.269 e. The van der Waals surface area contributed by atoms with E-state index in [0.717, 1.165) is 52.8 Å². The second-order valence-electron chi connectivity index (χ2n) is 9.58. The second kappa shape index (κ2) is 11.8. The summed E-state index contributed by atoms with van der Waals surface area (Å²) >= 11 is 0. The van der Waals surface area contributed by atoms with E-state index in [1.807, 2.05) is 0 Å². The van der Waals surface area contributed by atoms with Crippen molar-refractivity contribution >= 4 is 48.7 Å². The lowest BCUT2D eigenvalue weighted by atomic mass is 10.1. The first kappa shape index (κ1) is 30.3. The summed E-state index contributed by atoms with van der Waals surface area (Å²) in [6.07, 6.45) is 0. The lowest BCUT2D eigenvalue weighted by Crippen LogP contribution is -2.51. The Hall–Kier alpha value is -5.19. The van der Waals surface area contributed by atoms with Gasteiger partial charge < -0.3 is 4.90 Å². The average molecular weight is 638 g/mol. The molecule has 0 saturated heterocycles. The van der Waals surface area contributed by atoms with E-state index >= 15 is 0 Å². The molecule has 4 aromatic carbocycles. The molecule has 4 aromatic rings. The predicted octanol–water partition coefficient (Wildman–Crippen LogP) is 3.71. The van der Waals surface area contributed by atoms with Crippen LogP contribution in [0.4, 0.5) is 22.7 Å². The molecule has 226 valence electrons.